The molecule has 28 heavy (non-hydrogen) atoms. The molecule has 158 valence electrons. The van der Waals surface area contributed by atoms with Crippen LogP contribution in [-0.2, 0) is 17.6 Å². The van der Waals surface area contributed by atoms with Crippen LogP contribution in [-0.4, -0.2) is 6.61 Å². The normalized spacial score (nSPS) is 18.0. The molecule has 0 aliphatic heterocycles. The second-order valence-corrected chi connectivity index (χ2v) is 9.04. The van der Waals surface area contributed by atoms with Crippen molar-refractivity contribution >= 4 is 0 Å². The molecular formula is C27H44O. The van der Waals surface area contributed by atoms with Crippen LogP contribution in [0.5, 0.6) is 0 Å². The van der Waals surface area contributed by atoms with Gasteiger partial charge in [-0.15, -0.1) is 0 Å². The lowest BCUT2D eigenvalue weighted by Crippen LogP contribution is -2.11. The van der Waals surface area contributed by atoms with E-state index in [0.717, 1.165) is 18.9 Å². The number of ether oxygens (including phenoxy) is 1. The van der Waals surface area contributed by atoms with Gasteiger partial charge in [-0.05, 0) is 74.0 Å². The predicted molar refractivity (Wildman–Crippen MR) is 123 cm³/mol. The molecule has 2 unspecified atom stereocenters. The van der Waals surface area contributed by atoms with Crippen molar-refractivity contribution in [2.45, 2.75) is 104 Å². The standard InChI is InChI=1S/C27H44O/c1-4-6-8-10-23(3)22-28-27-20-18-26(19-21-27)17-16-25-14-12-24(13-15-25)11-9-7-5-2/h12-15,20,23,26H,4-11,16-19,21-22H2,1-3H3. The number of hydrogen-bond donors (Lipinski definition) is 0. The van der Waals surface area contributed by atoms with Crippen LogP contribution in [0.15, 0.2) is 36.1 Å². The van der Waals surface area contributed by atoms with Gasteiger partial charge in [-0.3, -0.25) is 0 Å². The molecule has 0 radical (unpaired) electrons. The number of hydrogen-bond acceptors (Lipinski definition) is 1. The molecule has 0 amide bonds. The monoisotopic (exact) mass is 384 g/mol. The molecule has 0 fully saturated rings. The van der Waals surface area contributed by atoms with Gasteiger partial charge in [0, 0.05) is 6.42 Å². The van der Waals surface area contributed by atoms with Crippen molar-refractivity contribution in [2.24, 2.45) is 11.8 Å². The minimum absolute atomic E-state index is 0.690. The Morgan fingerprint density at radius 3 is 2.25 bits per heavy atom. The van der Waals surface area contributed by atoms with E-state index in [-0.39, 0.29) is 0 Å². The summed E-state index contributed by atoms with van der Waals surface area (Å²) in [5.41, 5.74) is 3.01. The van der Waals surface area contributed by atoms with E-state index in [0.29, 0.717) is 5.92 Å². The van der Waals surface area contributed by atoms with Crippen molar-refractivity contribution < 1.29 is 4.74 Å². The highest BCUT2D eigenvalue weighted by atomic mass is 16.5. The van der Waals surface area contributed by atoms with E-state index in [1.54, 1.807) is 0 Å². The molecule has 1 aromatic carbocycles. The highest BCUT2D eigenvalue weighted by Crippen LogP contribution is 2.28. The number of unbranched alkanes of at least 4 members (excludes halogenated alkanes) is 4. The number of benzene rings is 1. The highest BCUT2D eigenvalue weighted by molar-refractivity contribution is 5.22. The fraction of sp³-hybridized carbons (Fsp3) is 0.704. The molecule has 1 aliphatic carbocycles. The Labute approximate surface area is 175 Å². The van der Waals surface area contributed by atoms with Crippen molar-refractivity contribution in [1.82, 2.24) is 0 Å². The van der Waals surface area contributed by atoms with Crippen molar-refractivity contribution in [3.05, 3.63) is 47.2 Å². The van der Waals surface area contributed by atoms with Crippen LogP contribution in [0.25, 0.3) is 0 Å². The lowest BCUT2D eigenvalue weighted by atomic mass is 9.88. The average molecular weight is 385 g/mol. The van der Waals surface area contributed by atoms with Crippen molar-refractivity contribution in [3.8, 4) is 0 Å². The zero-order valence-corrected chi connectivity index (χ0v) is 18.8. The predicted octanol–water partition coefficient (Wildman–Crippen LogP) is 8.27. The van der Waals surface area contributed by atoms with Crippen LogP contribution in [0, 0.1) is 11.8 Å². The largest absolute Gasteiger partial charge is 0.498 e. The van der Waals surface area contributed by atoms with Crippen LogP contribution >= 0.6 is 0 Å². The third-order valence-electron chi connectivity index (χ3n) is 6.26. The highest BCUT2D eigenvalue weighted by Gasteiger charge is 2.16. The molecule has 1 aliphatic rings. The second kappa shape index (κ2) is 13.9. The zero-order chi connectivity index (χ0) is 20.0. The maximum atomic E-state index is 6.10. The van der Waals surface area contributed by atoms with Crippen molar-refractivity contribution in [2.75, 3.05) is 6.61 Å². The van der Waals surface area contributed by atoms with Crippen molar-refractivity contribution in [3.63, 3.8) is 0 Å². The Morgan fingerprint density at radius 1 is 0.929 bits per heavy atom. The van der Waals surface area contributed by atoms with Gasteiger partial charge in [-0.1, -0.05) is 77.1 Å². The molecule has 0 saturated carbocycles. The number of allylic oxidation sites excluding steroid dienone is 2. The summed E-state index contributed by atoms with van der Waals surface area (Å²) in [4.78, 5) is 0. The Hall–Kier alpha value is -1.24. The minimum Gasteiger partial charge on any atom is -0.498 e. The van der Waals surface area contributed by atoms with E-state index < -0.39 is 0 Å². The van der Waals surface area contributed by atoms with Gasteiger partial charge >= 0.3 is 0 Å². The molecule has 1 aromatic rings. The van der Waals surface area contributed by atoms with E-state index in [9.17, 15) is 0 Å². The Bertz CT molecular complexity index is 542. The smallest absolute Gasteiger partial charge is 0.0920 e. The van der Waals surface area contributed by atoms with Gasteiger partial charge in [0.25, 0.3) is 0 Å². The number of rotatable bonds is 14. The van der Waals surface area contributed by atoms with Crippen LogP contribution in [0.4, 0.5) is 0 Å². The summed E-state index contributed by atoms with van der Waals surface area (Å²) in [6.07, 6.45) is 19.1. The molecule has 2 atom stereocenters. The maximum absolute atomic E-state index is 6.10. The quantitative estimate of drug-likeness (QED) is 0.293. The molecule has 1 heteroatoms. The molecule has 2 rings (SSSR count). The summed E-state index contributed by atoms with van der Waals surface area (Å²) < 4.78 is 6.10. The summed E-state index contributed by atoms with van der Waals surface area (Å²) in [6, 6.07) is 9.40. The van der Waals surface area contributed by atoms with E-state index >= 15 is 0 Å². The summed E-state index contributed by atoms with van der Waals surface area (Å²) in [7, 11) is 0. The molecule has 0 heterocycles. The molecule has 0 aromatic heterocycles. The van der Waals surface area contributed by atoms with Crippen LogP contribution < -0.4 is 0 Å². The zero-order valence-electron chi connectivity index (χ0n) is 18.8. The van der Waals surface area contributed by atoms with Crippen LogP contribution in [0.1, 0.15) is 103 Å². The first-order valence-corrected chi connectivity index (χ1v) is 12.1. The van der Waals surface area contributed by atoms with E-state index in [1.165, 1.54) is 93.9 Å². The second-order valence-electron chi connectivity index (χ2n) is 9.04. The van der Waals surface area contributed by atoms with E-state index in [2.05, 4.69) is 51.1 Å². The molecule has 0 spiro atoms. The van der Waals surface area contributed by atoms with E-state index in [4.69, 9.17) is 4.74 Å². The SMILES string of the molecule is CCCCCc1ccc(CCC2CC=C(OCC(C)CCCCC)CC2)cc1. The van der Waals surface area contributed by atoms with Gasteiger partial charge in [0.1, 0.15) is 0 Å². The maximum Gasteiger partial charge on any atom is 0.0920 e. The van der Waals surface area contributed by atoms with Gasteiger partial charge in [-0.2, -0.15) is 0 Å². The summed E-state index contributed by atoms with van der Waals surface area (Å²) >= 11 is 0. The van der Waals surface area contributed by atoms with Crippen molar-refractivity contribution in [1.29, 1.82) is 0 Å². The van der Waals surface area contributed by atoms with Gasteiger partial charge in [0.15, 0.2) is 0 Å². The van der Waals surface area contributed by atoms with Crippen LogP contribution in [0.3, 0.4) is 0 Å². The average Bonchev–Trinajstić information content (AvgIpc) is 2.73. The first-order valence-electron chi connectivity index (χ1n) is 12.1. The van der Waals surface area contributed by atoms with Gasteiger partial charge in [0.05, 0.1) is 12.4 Å². The van der Waals surface area contributed by atoms with Crippen LogP contribution in [0.2, 0.25) is 0 Å². The minimum atomic E-state index is 0.690. The molecule has 1 nitrogen and oxygen atoms in total. The Morgan fingerprint density at radius 2 is 1.61 bits per heavy atom. The Balaban J connectivity index is 1.62. The summed E-state index contributed by atoms with van der Waals surface area (Å²) in [5.74, 6) is 2.78. The third kappa shape index (κ3) is 9.30. The molecule has 0 N–H and O–H groups in total. The fourth-order valence-electron chi connectivity index (χ4n) is 4.16. The lowest BCUT2D eigenvalue weighted by molar-refractivity contribution is 0.148. The fourth-order valence-corrected chi connectivity index (χ4v) is 4.16. The topological polar surface area (TPSA) is 9.23 Å². The van der Waals surface area contributed by atoms with E-state index in [1.807, 2.05) is 0 Å². The molecular weight excluding hydrogens is 340 g/mol. The first kappa shape index (κ1) is 23.0. The van der Waals surface area contributed by atoms with Gasteiger partial charge in [-0.25, -0.2) is 0 Å². The third-order valence-corrected chi connectivity index (χ3v) is 6.26. The molecule has 0 bridgehead atoms. The lowest BCUT2D eigenvalue weighted by Gasteiger charge is -2.23. The summed E-state index contributed by atoms with van der Waals surface area (Å²) in [6.45, 7) is 7.78. The number of aryl methyl sites for hydroxylation is 2. The first-order chi connectivity index (χ1) is 13.7. The Kier molecular flexibility index (Phi) is 11.4. The van der Waals surface area contributed by atoms with Gasteiger partial charge in [0.2, 0.25) is 0 Å². The summed E-state index contributed by atoms with van der Waals surface area (Å²) in [5, 5.41) is 0. The van der Waals surface area contributed by atoms with Gasteiger partial charge < -0.3 is 4.74 Å². The molecule has 0 saturated heterocycles.